The molecule has 0 saturated heterocycles. The third kappa shape index (κ3) is 3.06. The molecule has 4 aromatic rings. The Balaban J connectivity index is 1.97. The fraction of sp³-hybridized carbons (Fsp3) is 0.143. The Labute approximate surface area is 157 Å². The van der Waals surface area contributed by atoms with Gasteiger partial charge in [0, 0.05) is 55.1 Å². The van der Waals surface area contributed by atoms with E-state index < -0.39 is 0 Å². The summed E-state index contributed by atoms with van der Waals surface area (Å²) in [6.45, 7) is 1.95. The summed E-state index contributed by atoms with van der Waals surface area (Å²) < 4.78 is 1.95. The topological polar surface area (TPSA) is 63.4 Å². The number of aromatic nitrogens is 4. The van der Waals surface area contributed by atoms with Crippen LogP contribution in [0.2, 0.25) is 0 Å². The molecular weight excluding hydrogens is 338 g/mol. The minimum Gasteiger partial charge on any atom is -0.345 e. The second kappa shape index (κ2) is 6.64. The van der Waals surface area contributed by atoms with Crippen LogP contribution in [0, 0.1) is 6.92 Å². The smallest absolute Gasteiger partial charge is 0.253 e. The maximum Gasteiger partial charge on any atom is 0.253 e. The predicted molar refractivity (Wildman–Crippen MR) is 104 cm³/mol. The molecule has 1 aromatic carbocycles. The van der Waals surface area contributed by atoms with Crippen LogP contribution < -0.4 is 0 Å². The number of hydrogen-bond acceptors (Lipinski definition) is 4. The summed E-state index contributed by atoms with van der Waals surface area (Å²) in [6.07, 6.45) is 5.43. The first-order chi connectivity index (χ1) is 13.0. The molecule has 27 heavy (non-hydrogen) atoms. The van der Waals surface area contributed by atoms with Crippen molar-refractivity contribution in [2.75, 3.05) is 14.1 Å². The number of pyridine rings is 1. The van der Waals surface area contributed by atoms with Crippen LogP contribution in [0.4, 0.5) is 0 Å². The second-order valence-corrected chi connectivity index (χ2v) is 6.56. The van der Waals surface area contributed by atoms with Gasteiger partial charge in [-0.25, -0.2) is 9.97 Å². The highest BCUT2D eigenvalue weighted by Crippen LogP contribution is 2.32. The van der Waals surface area contributed by atoms with Crippen LogP contribution in [-0.2, 0) is 0 Å². The van der Waals surface area contributed by atoms with Crippen molar-refractivity contribution >= 4 is 11.7 Å². The molecule has 0 unspecified atom stereocenters. The number of aryl methyl sites for hydroxylation is 1. The Morgan fingerprint density at radius 2 is 1.85 bits per heavy atom. The van der Waals surface area contributed by atoms with E-state index >= 15 is 0 Å². The highest BCUT2D eigenvalue weighted by molar-refractivity contribution is 5.95. The van der Waals surface area contributed by atoms with Crippen molar-refractivity contribution in [1.82, 2.24) is 24.3 Å². The number of nitrogens with zero attached hydrogens (tertiary/aromatic N) is 5. The molecule has 6 heteroatoms. The van der Waals surface area contributed by atoms with Crippen molar-refractivity contribution < 1.29 is 4.79 Å². The number of hydrogen-bond donors (Lipinski definition) is 0. The number of imidazole rings is 1. The van der Waals surface area contributed by atoms with Gasteiger partial charge in [0.1, 0.15) is 0 Å². The summed E-state index contributed by atoms with van der Waals surface area (Å²) >= 11 is 0. The molecule has 134 valence electrons. The van der Waals surface area contributed by atoms with Crippen molar-refractivity contribution in [3.05, 3.63) is 72.3 Å². The second-order valence-electron chi connectivity index (χ2n) is 6.56. The van der Waals surface area contributed by atoms with E-state index in [-0.39, 0.29) is 5.91 Å². The largest absolute Gasteiger partial charge is 0.345 e. The first-order valence-electron chi connectivity index (χ1n) is 8.63. The number of carbonyl (C=O) groups is 1. The molecule has 0 saturated carbocycles. The van der Waals surface area contributed by atoms with E-state index in [1.54, 1.807) is 31.4 Å². The van der Waals surface area contributed by atoms with E-state index in [0.717, 1.165) is 28.2 Å². The summed E-state index contributed by atoms with van der Waals surface area (Å²) in [6, 6.07) is 13.4. The van der Waals surface area contributed by atoms with Gasteiger partial charge >= 0.3 is 0 Å². The monoisotopic (exact) mass is 357 g/mol. The highest BCUT2D eigenvalue weighted by atomic mass is 16.2. The van der Waals surface area contributed by atoms with Gasteiger partial charge in [-0.3, -0.25) is 14.2 Å². The van der Waals surface area contributed by atoms with Crippen LogP contribution in [0.1, 0.15) is 16.1 Å². The molecule has 0 aliphatic carbocycles. The lowest BCUT2D eigenvalue weighted by atomic mass is 10.0. The Hall–Kier alpha value is -3.54. The lowest BCUT2D eigenvalue weighted by Crippen LogP contribution is -2.21. The van der Waals surface area contributed by atoms with Crippen molar-refractivity contribution in [3.63, 3.8) is 0 Å². The van der Waals surface area contributed by atoms with Crippen molar-refractivity contribution in [2.45, 2.75) is 6.92 Å². The fourth-order valence-electron chi connectivity index (χ4n) is 3.12. The number of benzene rings is 1. The van der Waals surface area contributed by atoms with E-state index in [1.807, 2.05) is 60.0 Å². The summed E-state index contributed by atoms with van der Waals surface area (Å²) in [4.78, 5) is 27.4. The highest BCUT2D eigenvalue weighted by Gasteiger charge is 2.18. The van der Waals surface area contributed by atoms with Crippen LogP contribution >= 0.6 is 0 Å². The molecule has 0 fully saturated rings. The third-order valence-electron chi connectivity index (χ3n) is 4.36. The molecular formula is C21H19N5O. The fourth-order valence-corrected chi connectivity index (χ4v) is 3.12. The zero-order chi connectivity index (χ0) is 19.0. The van der Waals surface area contributed by atoms with Gasteiger partial charge in [-0.1, -0.05) is 12.1 Å². The molecule has 3 aromatic heterocycles. The molecule has 6 nitrogen and oxygen atoms in total. The lowest BCUT2D eigenvalue weighted by molar-refractivity contribution is 0.0827. The molecule has 4 rings (SSSR count). The molecule has 0 N–H and O–H groups in total. The van der Waals surface area contributed by atoms with Crippen LogP contribution in [0.25, 0.3) is 28.3 Å². The molecule has 0 bridgehead atoms. The quantitative estimate of drug-likeness (QED) is 0.563. The minimum absolute atomic E-state index is 0.0369. The number of carbonyl (C=O) groups excluding carboxylic acids is 1. The standard InChI is InChI=1S/C21H19N5O/c1-14-12-15(8-10-22-14)18-19(26-11-5-9-23-21(26)24-18)16-6-4-7-17(13-16)20(27)25(2)3/h4-13H,1-3H3. The minimum atomic E-state index is -0.0369. The lowest BCUT2D eigenvalue weighted by Gasteiger charge is -2.12. The SMILES string of the molecule is Cc1cc(-c2nc3ncccn3c2-c2cccc(C(=O)N(C)C)c2)ccn1. The summed E-state index contributed by atoms with van der Waals surface area (Å²) in [5, 5.41) is 0. The Morgan fingerprint density at radius 1 is 1.00 bits per heavy atom. The summed E-state index contributed by atoms with van der Waals surface area (Å²) in [7, 11) is 3.50. The van der Waals surface area contributed by atoms with Crippen LogP contribution in [0.3, 0.4) is 0 Å². The molecule has 0 radical (unpaired) electrons. The van der Waals surface area contributed by atoms with Crippen molar-refractivity contribution in [1.29, 1.82) is 0 Å². The van der Waals surface area contributed by atoms with E-state index in [4.69, 9.17) is 4.98 Å². The number of amides is 1. The summed E-state index contributed by atoms with van der Waals surface area (Å²) in [5.41, 5.74) is 5.14. The maximum absolute atomic E-state index is 12.4. The normalized spacial score (nSPS) is 10.9. The van der Waals surface area contributed by atoms with Crippen LogP contribution in [0.15, 0.2) is 61.1 Å². The molecule has 0 aliphatic rings. The van der Waals surface area contributed by atoms with E-state index in [1.165, 1.54) is 0 Å². The molecule has 0 spiro atoms. The number of rotatable bonds is 3. The third-order valence-corrected chi connectivity index (χ3v) is 4.36. The molecule has 1 amide bonds. The van der Waals surface area contributed by atoms with Gasteiger partial charge in [-0.2, -0.15) is 0 Å². The predicted octanol–water partition coefficient (Wildman–Crippen LogP) is 3.47. The van der Waals surface area contributed by atoms with Gasteiger partial charge in [0.2, 0.25) is 5.78 Å². The van der Waals surface area contributed by atoms with Crippen LogP contribution in [0.5, 0.6) is 0 Å². The van der Waals surface area contributed by atoms with Crippen molar-refractivity contribution in [3.8, 4) is 22.5 Å². The zero-order valence-corrected chi connectivity index (χ0v) is 15.4. The van der Waals surface area contributed by atoms with E-state index in [0.29, 0.717) is 11.3 Å². The van der Waals surface area contributed by atoms with E-state index in [2.05, 4.69) is 9.97 Å². The van der Waals surface area contributed by atoms with Gasteiger partial charge in [0.05, 0.1) is 11.4 Å². The zero-order valence-electron chi connectivity index (χ0n) is 15.4. The van der Waals surface area contributed by atoms with E-state index in [9.17, 15) is 4.79 Å². The van der Waals surface area contributed by atoms with Gasteiger partial charge in [0.15, 0.2) is 0 Å². The average molecular weight is 357 g/mol. The number of fused-ring (bicyclic) bond motifs is 1. The van der Waals surface area contributed by atoms with Crippen molar-refractivity contribution in [2.24, 2.45) is 0 Å². The molecule has 3 heterocycles. The van der Waals surface area contributed by atoms with Gasteiger partial charge in [0.25, 0.3) is 5.91 Å². The van der Waals surface area contributed by atoms with Gasteiger partial charge in [-0.15, -0.1) is 0 Å². The Kier molecular flexibility index (Phi) is 4.16. The van der Waals surface area contributed by atoms with Gasteiger partial charge in [-0.05, 0) is 37.3 Å². The average Bonchev–Trinajstić information content (AvgIpc) is 3.07. The van der Waals surface area contributed by atoms with Gasteiger partial charge < -0.3 is 4.90 Å². The maximum atomic E-state index is 12.4. The Morgan fingerprint density at radius 3 is 2.63 bits per heavy atom. The molecule has 0 atom stereocenters. The first kappa shape index (κ1) is 16.9. The van der Waals surface area contributed by atoms with Crippen LogP contribution in [-0.4, -0.2) is 44.3 Å². The Bertz CT molecular complexity index is 1150. The first-order valence-corrected chi connectivity index (χ1v) is 8.63. The summed E-state index contributed by atoms with van der Waals surface area (Å²) in [5.74, 6) is 0.575. The molecule has 0 aliphatic heterocycles.